The van der Waals surface area contributed by atoms with Crippen molar-refractivity contribution in [2.75, 3.05) is 33.0 Å². The van der Waals surface area contributed by atoms with Gasteiger partial charge in [-0.1, -0.05) is 36.4 Å². The van der Waals surface area contributed by atoms with Crippen molar-refractivity contribution in [3.63, 3.8) is 0 Å². The molecule has 3 aromatic carbocycles. The molecule has 184 valence electrons. The van der Waals surface area contributed by atoms with Gasteiger partial charge in [-0.25, -0.2) is 12.8 Å². The SMILES string of the molecule is Cc1ccccc1-c1cc2c(c(OC[C@@H]3CCOC3)c1)OCCN(S(=O)(=O)c1ccccc1F)C2. The molecule has 0 N–H and O–H groups in total. The molecule has 35 heavy (non-hydrogen) atoms. The Hall–Kier alpha value is -2.94. The molecule has 8 heteroatoms. The number of aryl methyl sites for hydroxylation is 1. The van der Waals surface area contributed by atoms with Gasteiger partial charge in [-0.3, -0.25) is 0 Å². The summed E-state index contributed by atoms with van der Waals surface area (Å²) in [6.45, 7) is 4.19. The van der Waals surface area contributed by atoms with Gasteiger partial charge in [0.2, 0.25) is 10.0 Å². The van der Waals surface area contributed by atoms with Crippen molar-refractivity contribution in [1.29, 1.82) is 0 Å². The first-order chi connectivity index (χ1) is 16.9. The van der Waals surface area contributed by atoms with E-state index < -0.39 is 15.8 Å². The zero-order valence-corrected chi connectivity index (χ0v) is 20.4. The second kappa shape index (κ2) is 9.97. The molecule has 0 aromatic heterocycles. The van der Waals surface area contributed by atoms with Crippen LogP contribution in [-0.2, 0) is 21.3 Å². The number of rotatable bonds is 6. The molecule has 2 aliphatic heterocycles. The van der Waals surface area contributed by atoms with Gasteiger partial charge in [-0.2, -0.15) is 4.31 Å². The average Bonchev–Trinajstić information content (AvgIpc) is 3.27. The fraction of sp³-hybridized carbons (Fsp3) is 0.333. The minimum atomic E-state index is -4.06. The van der Waals surface area contributed by atoms with Crippen LogP contribution in [0.4, 0.5) is 4.39 Å². The van der Waals surface area contributed by atoms with Crippen LogP contribution in [0.1, 0.15) is 17.5 Å². The molecular weight excluding hydrogens is 469 g/mol. The molecule has 6 nitrogen and oxygen atoms in total. The fourth-order valence-electron chi connectivity index (χ4n) is 4.54. The molecule has 0 bridgehead atoms. The molecule has 0 saturated carbocycles. The van der Waals surface area contributed by atoms with Crippen LogP contribution in [-0.4, -0.2) is 45.7 Å². The quantitative estimate of drug-likeness (QED) is 0.490. The van der Waals surface area contributed by atoms with E-state index in [2.05, 4.69) is 0 Å². The van der Waals surface area contributed by atoms with Crippen molar-refractivity contribution < 1.29 is 27.0 Å². The van der Waals surface area contributed by atoms with Crippen LogP contribution < -0.4 is 9.47 Å². The molecule has 1 atom stereocenters. The smallest absolute Gasteiger partial charge is 0.246 e. The van der Waals surface area contributed by atoms with Gasteiger partial charge in [0, 0.05) is 31.2 Å². The molecule has 2 aliphatic rings. The van der Waals surface area contributed by atoms with Crippen molar-refractivity contribution in [2.24, 2.45) is 5.92 Å². The van der Waals surface area contributed by atoms with Gasteiger partial charge < -0.3 is 14.2 Å². The monoisotopic (exact) mass is 497 g/mol. The molecule has 1 saturated heterocycles. The molecular formula is C27H28FNO5S. The standard InChI is InChI=1S/C27H28FNO5S/c1-19-6-2-3-7-23(19)21-14-22-16-29(35(30,31)26-9-5-4-8-24(26)28)11-13-33-27(22)25(15-21)34-18-20-10-12-32-17-20/h2-9,14-15,20H,10-13,16-18H2,1H3/t20-/m1/s1. The third-order valence-corrected chi connectivity index (χ3v) is 8.35. The van der Waals surface area contributed by atoms with Crippen LogP contribution in [0.2, 0.25) is 0 Å². The summed E-state index contributed by atoms with van der Waals surface area (Å²) in [6, 6.07) is 17.3. The summed E-state index contributed by atoms with van der Waals surface area (Å²) in [4.78, 5) is -0.337. The topological polar surface area (TPSA) is 65.1 Å². The first-order valence-electron chi connectivity index (χ1n) is 11.7. The van der Waals surface area contributed by atoms with E-state index in [1.165, 1.54) is 22.5 Å². The number of fused-ring (bicyclic) bond motifs is 1. The summed E-state index contributed by atoms with van der Waals surface area (Å²) in [5, 5.41) is 0. The first kappa shape index (κ1) is 23.8. The van der Waals surface area contributed by atoms with Crippen LogP contribution in [0.15, 0.2) is 65.6 Å². The maximum Gasteiger partial charge on any atom is 0.246 e. The molecule has 0 radical (unpaired) electrons. The Labute approximate surface area is 205 Å². The summed E-state index contributed by atoms with van der Waals surface area (Å²) in [5.74, 6) is 0.649. The van der Waals surface area contributed by atoms with Gasteiger partial charge in [0.25, 0.3) is 0 Å². The van der Waals surface area contributed by atoms with Crippen molar-refractivity contribution in [1.82, 2.24) is 4.31 Å². The molecule has 3 aromatic rings. The van der Waals surface area contributed by atoms with Gasteiger partial charge in [-0.05, 0) is 54.3 Å². The highest BCUT2D eigenvalue weighted by atomic mass is 32.2. The maximum absolute atomic E-state index is 14.4. The highest BCUT2D eigenvalue weighted by molar-refractivity contribution is 7.89. The predicted molar refractivity (Wildman–Crippen MR) is 131 cm³/mol. The van der Waals surface area contributed by atoms with Gasteiger partial charge in [-0.15, -0.1) is 0 Å². The van der Waals surface area contributed by atoms with E-state index in [0.717, 1.165) is 35.8 Å². The Balaban J connectivity index is 1.54. The van der Waals surface area contributed by atoms with E-state index >= 15 is 0 Å². The fourth-order valence-corrected chi connectivity index (χ4v) is 6.01. The average molecular weight is 498 g/mol. The number of hydrogen-bond acceptors (Lipinski definition) is 5. The van der Waals surface area contributed by atoms with Crippen molar-refractivity contribution in [2.45, 2.75) is 24.8 Å². The van der Waals surface area contributed by atoms with Crippen LogP contribution in [0, 0.1) is 18.7 Å². The predicted octanol–water partition coefficient (Wildman–Crippen LogP) is 4.80. The largest absolute Gasteiger partial charge is 0.489 e. The summed E-state index contributed by atoms with van der Waals surface area (Å²) < 4.78 is 60.1. The Bertz CT molecular complexity index is 1320. The molecule has 0 amide bonds. The lowest BCUT2D eigenvalue weighted by Crippen LogP contribution is -2.33. The minimum absolute atomic E-state index is 0.0502. The Morgan fingerprint density at radius 3 is 2.66 bits per heavy atom. The van der Waals surface area contributed by atoms with E-state index in [1.807, 2.05) is 43.3 Å². The van der Waals surface area contributed by atoms with Gasteiger partial charge >= 0.3 is 0 Å². The number of benzene rings is 3. The highest BCUT2D eigenvalue weighted by Gasteiger charge is 2.31. The minimum Gasteiger partial charge on any atom is -0.489 e. The first-order valence-corrected chi connectivity index (χ1v) is 13.2. The molecule has 0 spiro atoms. The molecule has 1 fully saturated rings. The third kappa shape index (κ3) is 4.91. The van der Waals surface area contributed by atoms with Crippen molar-refractivity contribution in [3.05, 3.63) is 77.6 Å². The summed E-state index contributed by atoms with van der Waals surface area (Å²) in [6.07, 6.45) is 0.940. The Morgan fingerprint density at radius 1 is 1.09 bits per heavy atom. The lowest BCUT2D eigenvalue weighted by atomic mass is 9.98. The van der Waals surface area contributed by atoms with Crippen LogP contribution >= 0.6 is 0 Å². The van der Waals surface area contributed by atoms with Crippen molar-refractivity contribution in [3.8, 4) is 22.6 Å². The van der Waals surface area contributed by atoms with Gasteiger partial charge in [0.1, 0.15) is 17.3 Å². The van der Waals surface area contributed by atoms with Crippen LogP contribution in [0.5, 0.6) is 11.5 Å². The lowest BCUT2D eigenvalue weighted by molar-refractivity contribution is 0.165. The molecule has 0 aliphatic carbocycles. The molecule has 2 heterocycles. The zero-order chi connectivity index (χ0) is 24.4. The van der Waals surface area contributed by atoms with E-state index in [-0.39, 0.29) is 24.6 Å². The van der Waals surface area contributed by atoms with Crippen molar-refractivity contribution >= 4 is 10.0 Å². The molecule has 0 unspecified atom stereocenters. The van der Waals surface area contributed by atoms with E-state index in [4.69, 9.17) is 14.2 Å². The number of nitrogens with zero attached hydrogens (tertiary/aromatic N) is 1. The molecule has 5 rings (SSSR count). The highest BCUT2D eigenvalue weighted by Crippen LogP contribution is 2.40. The summed E-state index contributed by atoms with van der Waals surface area (Å²) >= 11 is 0. The van der Waals surface area contributed by atoms with E-state index in [0.29, 0.717) is 36.2 Å². The summed E-state index contributed by atoms with van der Waals surface area (Å²) in [7, 11) is -4.06. The third-order valence-electron chi connectivity index (χ3n) is 6.47. The number of sulfonamides is 1. The second-order valence-corrected chi connectivity index (χ2v) is 10.8. The van der Waals surface area contributed by atoms with Crippen LogP contribution in [0.25, 0.3) is 11.1 Å². The number of ether oxygens (including phenoxy) is 3. The Morgan fingerprint density at radius 2 is 1.89 bits per heavy atom. The zero-order valence-electron chi connectivity index (χ0n) is 19.6. The van der Waals surface area contributed by atoms with E-state index in [1.54, 1.807) is 0 Å². The lowest BCUT2D eigenvalue weighted by Gasteiger charge is -2.21. The van der Waals surface area contributed by atoms with Crippen LogP contribution in [0.3, 0.4) is 0 Å². The number of hydrogen-bond donors (Lipinski definition) is 0. The summed E-state index contributed by atoms with van der Waals surface area (Å²) in [5.41, 5.74) is 3.71. The Kier molecular flexibility index (Phi) is 6.77. The van der Waals surface area contributed by atoms with Gasteiger partial charge in [0.15, 0.2) is 11.5 Å². The number of halogens is 1. The second-order valence-electron chi connectivity index (χ2n) is 8.94. The van der Waals surface area contributed by atoms with E-state index in [9.17, 15) is 12.8 Å². The normalized spacial score (nSPS) is 18.5. The van der Waals surface area contributed by atoms with Gasteiger partial charge in [0.05, 0.1) is 13.2 Å². The maximum atomic E-state index is 14.4.